The van der Waals surface area contributed by atoms with Gasteiger partial charge in [-0.1, -0.05) is 0 Å². The van der Waals surface area contributed by atoms with Gasteiger partial charge in [-0.05, 0) is 12.5 Å². The Balaban J connectivity index is 2.86. The van der Waals surface area contributed by atoms with Crippen molar-refractivity contribution < 1.29 is 4.92 Å². The lowest BCUT2D eigenvalue weighted by molar-refractivity contribution is -0.513. The van der Waals surface area contributed by atoms with Gasteiger partial charge in [-0.15, -0.1) is 0 Å². The van der Waals surface area contributed by atoms with Crippen molar-refractivity contribution in [2.24, 2.45) is 4.99 Å². The second-order valence-corrected chi connectivity index (χ2v) is 3.88. The molecule has 0 bridgehead atoms. The first-order valence-electron chi connectivity index (χ1n) is 3.08. The van der Waals surface area contributed by atoms with E-state index in [-0.39, 0.29) is 4.92 Å². The Hall–Kier alpha value is -0.710. The van der Waals surface area contributed by atoms with Gasteiger partial charge in [-0.3, -0.25) is 15.1 Å². The molecule has 0 fully saturated rings. The van der Waals surface area contributed by atoms with Crippen molar-refractivity contribution in [3.63, 3.8) is 0 Å². The number of aliphatic imine (C=N–C) groups is 1. The van der Waals surface area contributed by atoms with Crippen molar-refractivity contribution in [3.8, 4) is 0 Å². The summed E-state index contributed by atoms with van der Waals surface area (Å²) >= 11 is 3.01. The second-order valence-electron chi connectivity index (χ2n) is 2.51. The van der Waals surface area contributed by atoms with E-state index in [1.54, 1.807) is 6.20 Å². The number of halogens is 1. The van der Waals surface area contributed by atoms with Gasteiger partial charge in [-0.2, -0.15) is 0 Å². The van der Waals surface area contributed by atoms with E-state index in [1.807, 2.05) is 6.92 Å². The van der Waals surface area contributed by atoms with Crippen LogP contribution in [0.4, 0.5) is 0 Å². The van der Waals surface area contributed by atoms with E-state index < -0.39 is 4.45 Å². The van der Waals surface area contributed by atoms with Gasteiger partial charge in [0.05, 0.1) is 12.6 Å². The van der Waals surface area contributed by atoms with Crippen molar-refractivity contribution in [1.29, 1.82) is 0 Å². The molecule has 0 aromatic carbocycles. The summed E-state index contributed by atoms with van der Waals surface area (Å²) < 4.78 is -1.17. The standard InChI is InChI=1S/C6H7BrN2O2/c1-5-2-6(7,9(10)11)4-8-3-5/h3-4H,2H2,1H3. The zero-order valence-corrected chi connectivity index (χ0v) is 7.54. The molecule has 0 N–H and O–H groups in total. The van der Waals surface area contributed by atoms with Crippen LogP contribution in [0.25, 0.3) is 0 Å². The molecule has 1 rings (SSSR count). The molecule has 0 aromatic heterocycles. The van der Waals surface area contributed by atoms with Gasteiger partial charge >= 0.3 is 4.45 Å². The fourth-order valence-electron chi connectivity index (χ4n) is 0.873. The van der Waals surface area contributed by atoms with Crippen LogP contribution in [0.3, 0.4) is 0 Å². The average Bonchev–Trinajstić information content (AvgIpc) is 1.86. The van der Waals surface area contributed by atoms with Crippen LogP contribution in [0.5, 0.6) is 0 Å². The zero-order valence-electron chi connectivity index (χ0n) is 5.95. The van der Waals surface area contributed by atoms with E-state index in [2.05, 4.69) is 20.9 Å². The second kappa shape index (κ2) is 2.73. The Kier molecular flexibility index (Phi) is 2.08. The molecule has 4 nitrogen and oxygen atoms in total. The first-order valence-corrected chi connectivity index (χ1v) is 3.87. The van der Waals surface area contributed by atoms with Crippen molar-refractivity contribution in [2.75, 3.05) is 0 Å². The lowest BCUT2D eigenvalue weighted by atomic mass is 10.1. The summed E-state index contributed by atoms with van der Waals surface area (Å²) in [6.07, 6.45) is 3.31. The van der Waals surface area contributed by atoms with E-state index in [4.69, 9.17) is 0 Å². The molecule has 11 heavy (non-hydrogen) atoms. The highest BCUT2D eigenvalue weighted by atomic mass is 79.9. The fourth-order valence-corrected chi connectivity index (χ4v) is 1.43. The molecule has 60 valence electrons. The minimum absolute atomic E-state index is 0.378. The summed E-state index contributed by atoms with van der Waals surface area (Å²) in [7, 11) is 0. The van der Waals surface area contributed by atoms with Crippen LogP contribution in [0.2, 0.25) is 0 Å². The third-order valence-electron chi connectivity index (χ3n) is 1.40. The van der Waals surface area contributed by atoms with Crippen molar-refractivity contribution in [1.82, 2.24) is 0 Å². The monoisotopic (exact) mass is 218 g/mol. The molecule has 0 amide bonds. The number of hydrogen-bond acceptors (Lipinski definition) is 3. The summed E-state index contributed by atoms with van der Waals surface area (Å²) in [4.78, 5) is 13.8. The summed E-state index contributed by atoms with van der Waals surface area (Å²) in [5.74, 6) is 0. The van der Waals surface area contributed by atoms with E-state index in [0.717, 1.165) is 5.57 Å². The van der Waals surface area contributed by atoms with Crippen LogP contribution >= 0.6 is 15.9 Å². The van der Waals surface area contributed by atoms with Crippen LogP contribution < -0.4 is 0 Å². The van der Waals surface area contributed by atoms with E-state index >= 15 is 0 Å². The molecule has 1 atom stereocenters. The van der Waals surface area contributed by atoms with Gasteiger partial charge < -0.3 is 0 Å². The lowest BCUT2D eigenvalue weighted by Crippen LogP contribution is -2.34. The predicted molar refractivity (Wildman–Crippen MR) is 45.5 cm³/mol. The molecule has 0 saturated carbocycles. The first kappa shape index (κ1) is 8.39. The third kappa shape index (κ3) is 1.65. The Morgan fingerprint density at radius 2 is 2.55 bits per heavy atom. The first-order chi connectivity index (χ1) is 5.04. The molecule has 1 aliphatic heterocycles. The summed E-state index contributed by atoms with van der Waals surface area (Å²) in [5.41, 5.74) is 0.904. The largest absolute Gasteiger partial charge is 0.313 e. The van der Waals surface area contributed by atoms with Crippen LogP contribution in [0.15, 0.2) is 16.8 Å². The maximum atomic E-state index is 10.5. The maximum absolute atomic E-state index is 10.5. The summed E-state index contributed by atoms with van der Waals surface area (Å²) in [5, 5.41) is 10.5. The molecule has 1 unspecified atom stereocenters. The molecular weight excluding hydrogens is 212 g/mol. The number of nitrogens with zero attached hydrogens (tertiary/aromatic N) is 2. The summed E-state index contributed by atoms with van der Waals surface area (Å²) in [6, 6.07) is 0. The van der Waals surface area contributed by atoms with Gasteiger partial charge in [0.2, 0.25) is 0 Å². The molecule has 0 radical (unpaired) electrons. The molecule has 0 saturated heterocycles. The molecule has 0 spiro atoms. The normalized spacial score (nSPS) is 29.8. The number of alkyl halides is 1. The quantitative estimate of drug-likeness (QED) is 0.292. The molecule has 1 aliphatic rings. The zero-order chi connectivity index (χ0) is 8.48. The van der Waals surface area contributed by atoms with Crippen LogP contribution in [0.1, 0.15) is 13.3 Å². The Morgan fingerprint density at radius 3 is 2.91 bits per heavy atom. The van der Waals surface area contributed by atoms with Gasteiger partial charge in [0, 0.05) is 27.1 Å². The molecule has 0 aromatic rings. The van der Waals surface area contributed by atoms with E-state index in [9.17, 15) is 10.1 Å². The number of nitro groups is 1. The van der Waals surface area contributed by atoms with Gasteiger partial charge in [0.15, 0.2) is 0 Å². The topological polar surface area (TPSA) is 55.5 Å². The van der Waals surface area contributed by atoms with E-state index in [0.29, 0.717) is 6.42 Å². The van der Waals surface area contributed by atoms with Crippen molar-refractivity contribution in [3.05, 3.63) is 21.9 Å². The van der Waals surface area contributed by atoms with Gasteiger partial charge in [0.1, 0.15) is 0 Å². The lowest BCUT2D eigenvalue weighted by Gasteiger charge is -2.16. The summed E-state index contributed by atoms with van der Waals surface area (Å²) in [6.45, 7) is 1.82. The fraction of sp³-hybridized carbons (Fsp3) is 0.500. The van der Waals surface area contributed by atoms with E-state index in [1.165, 1.54) is 6.21 Å². The Morgan fingerprint density at radius 1 is 1.91 bits per heavy atom. The molecule has 1 heterocycles. The highest BCUT2D eigenvalue weighted by molar-refractivity contribution is 9.10. The molecule has 0 aliphatic carbocycles. The SMILES string of the molecule is CC1=CN=CC(Br)([N+](=O)[O-])C1. The molecule has 5 heteroatoms. The maximum Gasteiger partial charge on any atom is 0.313 e. The van der Waals surface area contributed by atoms with Crippen molar-refractivity contribution in [2.45, 2.75) is 17.8 Å². The van der Waals surface area contributed by atoms with Crippen molar-refractivity contribution >= 4 is 22.1 Å². The van der Waals surface area contributed by atoms with Crippen LogP contribution in [-0.2, 0) is 0 Å². The minimum atomic E-state index is -1.17. The van der Waals surface area contributed by atoms with Gasteiger partial charge in [-0.25, -0.2) is 0 Å². The Bertz CT molecular complexity index is 249. The smallest absolute Gasteiger partial charge is 0.263 e. The number of hydrogen-bond donors (Lipinski definition) is 0. The highest BCUT2D eigenvalue weighted by Crippen LogP contribution is 2.27. The average molecular weight is 219 g/mol. The van der Waals surface area contributed by atoms with Crippen LogP contribution in [0, 0.1) is 10.1 Å². The molecular formula is C6H7BrN2O2. The predicted octanol–water partition coefficient (Wildman–Crippen LogP) is 1.73. The highest BCUT2D eigenvalue weighted by Gasteiger charge is 2.39. The number of rotatable bonds is 1. The third-order valence-corrected chi connectivity index (χ3v) is 2.17. The van der Waals surface area contributed by atoms with Gasteiger partial charge in [0.25, 0.3) is 0 Å². The Labute approximate surface area is 72.3 Å². The minimum Gasteiger partial charge on any atom is -0.263 e. The van der Waals surface area contributed by atoms with Crippen LogP contribution in [-0.4, -0.2) is 15.6 Å².